The number of aliphatic carboxylic acids is 1. The van der Waals surface area contributed by atoms with Gasteiger partial charge < -0.3 is 10.4 Å². The van der Waals surface area contributed by atoms with E-state index in [0.717, 1.165) is 16.8 Å². The normalized spacial score (nSPS) is 19.8. The molecule has 2 amide bonds. The number of hydrogen-bond donors (Lipinski definition) is 3. The van der Waals surface area contributed by atoms with E-state index in [2.05, 4.69) is 15.7 Å². The highest BCUT2D eigenvalue weighted by Gasteiger charge is 2.26. The molecule has 0 saturated heterocycles. The van der Waals surface area contributed by atoms with Gasteiger partial charge in [0.15, 0.2) is 0 Å². The fourth-order valence-electron chi connectivity index (χ4n) is 3.40. The molecular weight excluding hydrogens is 332 g/mol. The van der Waals surface area contributed by atoms with Gasteiger partial charge in [-0.25, -0.2) is 4.79 Å². The molecule has 1 aromatic heterocycles. The van der Waals surface area contributed by atoms with Crippen LogP contribution in [0, 0.1) is 12.8 Å². The molecule has 0 aliphatic heterocycles. The van der Waals surface area contributed by atoms with Gasteiger partial charge in [-0.3, -0.25) is 14.8 Å². The van der Waals surface area contributed by atoms with E-state index in [1.165, 1.54) is 0 Å². The molecule has 7 heteroatoms. The van der Waals surface area contributed by atoms with E-state index >= 15 is 0 Å². The molecule has 7 nitrogen and oxygen atoms in total. The van der Waals surface area contributed by atoms with Crippen molar-refractivity contribution >= 4 is 17.8 Å². The number of aromatic nitrogens is 2. The van der Waals surface area contributed by atoms with Gasteiger partial charge in [-0.2, -0.15) is 5.10 Å². The second-order valence-corrected chi connectivity index (χ2v) is 6.84. The van der Waals surface area contributed by atoms with Gasteiger partial charge in [0.05, 0.1) is 11.6 Å². The van der Waals surface area contributed by atoms with Crippen molar-refractivity contribution < 1.29 is 14.7 Å². The Kier molecular flexibility index (Phi) is 5.25. The van der Waals surface area contributed by atoms with E-state index in [1.807, 2.05) is 37.3 Å². The van der Waals surface area contributed by atoms with Crippen LogP contribution in [0.2, 0.25) is 0 Å². The van der Waals surface area contributed by atoms with Crippen molar-refractivity contribution in [2.24, 2.45) is 13.0 Å². The molecule has 1 saturated carbocycles. The predicted molar refractivity (Wildman–Crippen MR) is 98.9 cm³/mol. The molecule has 3 rings (SSSR count). The minimum atomic E-state index is -0.744. The molecular formula is C19H24N4O3. The Morgan fingerprint density at radius 2 is 1.88 bits per heavy atom. The summed E-state index contributed by atoms with van der Waals surface area (Å²) in [6.45, 7) is 2.03. The second kappa shape index (κ2) is 7.59. The van der Waals surface area contributed by atoms with Gasteiger partial charge in [0.1, 0.15) is 5.82 Å². The molecule has 0 unspecified atom stereocenters. The van der Waals surface area contributed by atoms with Gasteiger partial charge in [-0.05, 0) is 38.2 Å². The highest BCUT2D eigenvalue weighted by atomic mass is 16.4. The number of urea groups is 1. The Hall–Kier alpha value is -2.83. The van der Waals surface area contributed by atoms with Gasteiger partial charge in [-0.15, -0.1) is 0 Å². The van der Waals surface area contributed by atoms with E-state index in [0.29, 0.717) is 31.5 Å². The number of hydrogen-bond acceptors (Lipinski definition) is 3. The maximum absolute atomic E-state index is 12.3. The standard InChI is InChI=1S/C19H24N4O3/c1-12-5-3-4-6-15(12)16-11-17(23(2)22-16)21-19(26)20-14-9-7-13(8-10-14)18(24)25/h3-6,11,13-14H,7-10H2,1-2H3,(H,24,25)(H2,20,21,26). The highest BCUT2D eigenvalue weighted by molar-refractivity contribution is 5.89. The van der Waals surface area contributed by atoms with E-state index in [4.69, 9.17) is 5.11 Å². The lowest BCUT2D eigenvalue weighted by molar-refractivity contribution is -0.142. The molecule has 1 heterocycles. The minimum Gasteiger partial charge on any atom is -0.481 e. The summed E-state index contributed by atoms with van der Waals surface area (Å²) in [5, 5.41) is 19.3. The van der Waals surface area contributed by atoms with Crippen molar-refractivity contribution in [1.29, 1.82) is 0 Å². The number of amides is 2. The van der Waals surface area contributed by atoms with Crippen molar-refractivity contribution in [3.05, 3.63) is 35.9 Å². The van der Waals surface area contributed by atoms with Crippen LogP contribution in [0.4, 0.5) is 10.6 Å². The van der Waals surface area contributed by atoms with Gasteiger partial charge in [0.2, 0.25) is 0 Å². The molecule has 0 atom stereocenters. The second-order valence-electron chi connectivity index (χ2n) is 6.84. The van der Waals surface area contributed by atoms with Gasteiger partial charge >= 0.3 is 12.0 Å². The van der Waals surface area contributed by atoms with E-state index < -0.39 is 5.97 Å². The molecule has 0 bridgehead atoms. The lowest BCUT2D eigenvalue weighted by Crippen LogP contribution is -2.41. The molecule has 3 N–H and O–H groups in total. The van der Waals surface area contributed by atoms with Crippen LogP contribution in [0.3, 0.4) is 0 Å². The molecule has 1 aromatic carbocycles. The molecule has 0 radical (unpaired) electrons. The van der Waals surface area contributed by atoms with Crippen molar-refractivity contribution in [3.63, 3.8) is 0 Å². The highest BCUT2D eigenvalue weighted by Crippen LogP contribution is 2.26. The number of anilines is 1. The van der Waals surface area contributed by atoms with Crippen LogP contribution in [0.15, 0.2) is 30.3 Å². The number of benzene rings is 1. The zero-order chi connectivity index (χ0) is 18.7. The molecule has 2 aromatic rings. The summed E-state index contributed by atoms with van der Waals surface area (Å²) in [6.07, 6.45) is 2.57. The number of carboxylic acids is 1. The van der Waals surface area contributed by atoms with Crippen molar-refractivity contribution in [2.45, 2.75) is 38.6 Å². The van der Waals surface area contributed by atoms with Crippen LogP contribution in [-0.2, 0) is 11.8 Å². The maximum atomic E-state index is 12.3. The van der Waals surface area contributed by atoms with E-state index in [1.54, 1.807) is 11.7 Å². The Morgan fingerprint density at radius 3 is 2.54 bits per heavy atom. The Bertz CT molecular complexity index is 807. The summed E-state index contributed by atoms with van der Waals surface area (Å²) in [5.74, 6) is -0.420. The molecule has 1 aliphatic carbocycles. The largest absolute Gasteiger partial charge is 0.481 e. The SMILES string of the molecule is Cc1ccccc1-c1cc(NC(=O)NC2CCC(C(=O)O)CC2)n(C)n1. The number of aryl methyl sites for hydroxylation is 2. The zero-order valence-corrected chi connectivity index (χ0v) is 15.0. The average Bonchev–Trinajstić information content (AvgIpc) is 2.96. The van der Waals surface area contributed by atoms with E-state index in [-0.39, 0.29) is 18.0 Å². The number of nitrogens with one attached hydrogen (secondary N) is 2. The van der Waals surface area contributed by atoms with Crippen LogP contribution < -0.4 is 10.6 Å². The van der Waals surface area contributed by atoms with Crippen LogP contribution in [0.1, 0.15) is 31.2 Å². The van der Waals surface area contributed by atoms with Crippen molar-refractivity contribution in [1.82, 2.24) is 15.1 Å². The smallest absolute Gasteiger partial charge is 0.320 e. The topological polar surface area (TPSA) is 96.3 Å². The summed E-state index contributed by atoms with van der Waals surface area (Å²) in [7, 11) is 1.79. The lowest BCUT2D eigenvalue weighted by Gasteiger charge is -2.26. The molecule has 0 spiro atoms. The van der Waals surface area contributed by atoms with Crippen LogP contribution in [-0.4, -0.2) is 32.9 Å². The summed E-state index contributed by atoms with van der Waals surface area (Å²) in [6, 6.07) is 9.54. The average molecular weight is 356 g/mol. The first-order valence-corrected chi connectivity index (χ1v) is 8.84. The number of rotatable bonds is 4. The quantitative estimate of drug-likeness (QED) is 0.784. The summed E-state index contributed by atoms with van der Waals surface area (Å²) < 4.78 is 1.64. The number of carboxylic acid groups (broad SMARTS) is 1. The third kappa shape index (κ3) is 4.04. The predicted octanol–water partition coefficient (Wildman–Crippen LogP) is 3.16. The monoisotopic (exact) mass is 356 g/mol. The summed E-state index contributed by atoms with van der Waals surface area (Å²) >= 11 is 0. The first-order chi connectivity index (χ1) is 12.4. The fraction of sp³-hybridized carbons (Fsp3) is 0.421. The third-order valence-electron chi connectivity index (χ3n) is 4.95. The molecule has 26 heavy (non-hydrogen) atoms. The van der Waals surface area contributed by atoms with Crippen molar-refractivity contribution in [3.8, 4) is 11.3 Å². The first-order valence-electron chi connectivity index (χ1n) is 8.84. The van der Waals surface area contributed by atoms with Gasteiger partial charge in [0, 0.05) is 24.7 Å². The Morgan fingerprint density at radius 1 is 1.19 bits per heavy atom. The Balaban J connectivity index is 1.60. The maximum Gasteiger partial charge on any atom is 0.320 e. The van der Waals surface area contributed by atoms with Gasteiger partial charge in [0.25, 0.3) is 0 Å². The third-order valence-corrected chi connectivity index (χ3v) is 4.95. The summed E-state index contributed by atoms with van der Waals surface area (Å²) in [5.41, 5.74) is 2.96. The molecule has 1 aliphatic rings. The molecule has 1 fully saturated rings. The van der Waals surface area contributed by atoms with Crippen molar-refractivity contribution in [2.75, 3.05) is 5.32 Å². The first kappa shape index (κ1) is 18.0. The lowest BCUT2D eigenvalue weighted by atomic mass is 9.86. The zero-order valence-electron chi connectivity index (χ0n) is 15.0. The number of carbonyl (C=O) groups excluding carboxylic acids is 1. The van der Waals surface area contributed by atoms with Crippen LogP contribution >= 0.6 is 0 Å². The van der Waals surface area contributed by atoms with Crippen LogP contribution in [0.25, 0.3) is 11.3 Å². The van der Waals surface area contributed by atoms with E-state index in [9.17, 15) is 9.59 Å². The van der Waals surface area contributed by atoms with Gasteiger partial charge in [-0.1, -0.05) is 24.3 Å². The number of nitrogens with zero attached hydrogens (tertiary/aromatic N) is 2. The summed E-state index contributed by atoms with van der Waals surface area (Å²) in [4.78, 5) is 23.3. The fourth-order valence-corrected chi connectivity index (χ4v) is 3.40. The number of carbonyl (C=O) groups is 2. The minimum absolute atomic E-state index is 0.00895. The molecule has 138 valence electrons. The Labute approximate surface area is 152 Å². The van der Waals surface area contributed by atoms with Crippen LogP contribution in [0.5, 0.6) is 0 Å².